The van der Waals surface area contributed by atoms with E-state index in [2.05, 4.69) is 11.1 Å². The van der Waals surface area contributed by atoms with Crippen molar-refractivity contribution < 1.29 is 33.6 Å². The Labute approximate surface area is 245 Å². The lowest BCUT2D eigenvalue weighted by Gasteiger charge is -2.29. The zero-order chi connectivity index (χ0) is 29.6. The molecule has 6 rings (SSSR count). The Kier molecular flexibility index (Phi) is 7.35. The van der Waals surface area contributed by atoms with Crippen LogP contribution in [0, 0.1) is 0 Å². The summed E-state index contributed by atoms with van der Waals surface area (Å²) >= 11 is 0. The Morgan fingerprint density at radius 1 is 1.12 bits per heavy atom. The number of fused-ring (bicyclic) bond motifs is 3. The molecule has 8 nitrogen and oxygen atoms in total. The lowest BCUT2D eigenvalue weighted by Crippen LogP contribution is -2.39. The second-order valence-corrected chi connectivity index (χ2v) is 11.8. The number of H-pyrrole nitrogens is 1. The van der Waals surface area contributed by atoms with Crippen LogP contribution in [0.15, 0.2) is 53.9 Å². The summed E-state index contributed by atoms with van der Waals surface area (Å²) in [7, 11) is 0. The van der Waals surface area contributed by atoms with E-state index in [1.54, 1.807) is 32.9 Å². The van der Waals surface area contributed by atoms with Gasteiger partial charge in [-0.1, -0.05) is 18.6 Å². The number of aromatic nitrogens is 1. The maximum absolute atomic E-state index is 13.3. The van der Waals surface area contributed by atoms with E-state index in [1.165, 1.54) is 0 Å². The highest BCUT2D eigenvalue weighted by molar-refractivity contribution is 5.98. The molecule has 0 radical (unpaired) electrons. The molecule has 3 aromatic rings. The summed E-state index contributed by atoms with van der Waals surface area (Å²) in [6.45, 7) is 7.93. The van der Waals surface area contributed by atoms with Gasteiger partial charge in [-0.25, -0.2) is 4.79 Å². The molecule has 2 aromatic carbocycles. The maximum atomic E-state index is 13.3. The number of hydrogen-bond acceptors (Lipinski definition) is 7. The number of esters is 1. The fraction of sp³-hybridized carbons (Fsp3) is 0.412. The van der Waals surface area contributed by atoms with Gasteiger partial charge in [-0.2, -0.15) is 0 Å². The lowest BCUT2D eigenvalue weighted by atomic mass is 9.77. The first-order valence-electron chi connectivity index (χ1n) is 14.8. The van der Waals surface area contributed by atoms with E-state index < -0.39 is 17.7 Å². The molecule has 220 valence electrons. The second-order valence-electron chi connectivity index (χ2n) is 11.8. The minimum absolute atomic E-state index is 0.0764. The van der Waals surface area contributed by atoms with Crippen molar-refractivity contribution in [3.05, 3.63) is 70.6 Å². The van der Waals surface area contributed by atoms with Crippen LogP contribution in [0.25, 0.3) is 16.5 Å². The zero-order valence-corrected chi connectivity index (χ0v) is 24.5. The minimum Gasteiger partial charge on any atom is -0.492 e. The number of aromatic amines is 1. The van der Waals surface area contributed by atoms with Crippen LogP contribution >= 0.6 is 0 Å². The summed E-state index contributed by atoms with van der Waals surface area (Å²) in [6, 6.07) is 9.91. The third kappa shape index (κ3) is 5.09. The summed E-state index contributed by atoms with van der Waals surface area (Å²) in [5.41, 5.74) is 4.42. The first-order chi connectivity index (χ1) is 20.2. The van der Waals surface area contributed by atoms with Crippen LogP contribution in [0.1, 0.15) is 76.0 Å². The summed E-state index contributed by atoms with van der Waals surface area (Å²) < 4.78 is 24.1. The normalized spacial score (nSPS) is 21.7. The average Bonchev–Trinajstić information content (AvgIpc) is 3.62. The van der Waals surface area contributed by atoms with Crippen molar-refractivity contribution >= 4 is 28.2 Å². The SMILES string of the molecule is CCCOc1c2c(cc3c1/C(=C1\CCC(=O)[C@H](c4ccc5[nH]ccc5c4)C1)C=C(C(=O)OCC)O3)O[C@H](C(C)(C)O)C2. The molecule has 1 fully saturated rings. The van der Waals surface area contributed by atoms with Gasteiger partial charge >= 0.3 is 5.97 Å². The van der Waals surface area contributed by atoms with Gasteiger partial charge in [0.25, 0.3) is 0 Å². The van der Waals surface area contributed by atoms with Crippen LogP contribution < -0.4 is 14.2 Å². The number of rotatable bonds is 7. The van der Waals surface area contributed by atoms with Crippen molar-refractivity contribution in [2.24, 2.45) is 0 Å². The fourth-order valence-corrected chi connectivity index (χ4v) is 6.11. The maximum Gasteiger partial charge on any atom is 0.374 e. The predicted octanol–water partition coefficient (Wildman–Crippen LogP) is 6.16. The zero-order valence-electron chi connectivity index (χ0n) is 24.5. The number of allylic oxidation sites excluding steroid dienone is 3. The Bertz CT molecular complexity index is 1620. The molecule has 3 aliphatic rings. The molecule has 3 heterocycles. The molecule has 42 heavy (non-hydrogen) atoms. The van der Waals surface area contributed by atoms with E-state index in [4.69, 9.17) is 18.9 Å². The lowest BCUT2D eigenvalue weighted by molar-refractivity contribution is -0.141. The van der Waals surface area contributed by atoms with Gasteiger partial charge in [0.15, 0.2) is 0 Å². The Morgan fingerprint density at radius 2 is 1.95 bits per heavy atom. The van der Waals surface area contributed by atoms with Crippen LogP contribution in [0.4, 0.5) is 0 Å². The molecule has 2 aliphatic heterocycles. The average molecular weight is 572 g/mol. The molecule has 0 bridgehead atoms. The smallest absolute Gasteiger partial charge is 0.374 e. The quantitative estimate of drug-likeness (QED) is 0.327. The highest BCUT2D eigenvalue weighted by Gasteiger charge is 2.41. The van der Waals surface area contributed by atoms with Gasteiger partial charge in [0, 0.05) is 42.1 Å². The summed E-state index contributed by atoms with van der Waals surface area (Å²) in [6.07, 6.45) is 5.92. The molecule has 1 aliphatic carbocycles. The molecule has 8 heteroatoms. The van der Waals surface area contributed by atoms with Crippen molar-refractivity contribution in [3.63, 3.8) is 0 Å². The van der Waals surface area contributed by atoms with Crippen molar-refractivity contribution in [1.82, 2.24) is 4.98 Å². The van der Waals surface area contributed by atoms with Crippen molar-refractivity contribution in [3.8, 4) is 17.2 Å². The number of ether oxygens (including phenoxy) is 4. The molecule has 2 atom stereocenters. The van der Waals surface area contributed by atoms with Gasteiger partial charge in [0.2, 0.25) is 5.76 Å². The molecule has 1 aromatic heterocycles. The number of benzene rings is 2. The highest BCUT2D eigenvalue weighted by Crippen LogP contribution is 2.52. The van der Waals surface area contributed by atoms with Gasteiger partial charge in [0.05, 0.1) is 24.4 Å². The van der Waals surface area contributed by atoms with Gasteiger partial charge in [-0.15, -0.1) is 0 Å². The standard InChI is InChI=1S/C34H37NO7/c1-5-13-40-32-24-17-30(34(3,4)38)42-27(24)18-28-31(32)23(16-29(41-28)33(37)39-6-2)20-8-10-26(36)22(15-20)19-7-9-25-21(14-19)11-12-35-25/h7,9,11-12,14,16,18,22,30,35,38H,5-6,8,10,13,15,17H2,1-4H3/b23-20+/t22-,30-/m0/s1. The number of Topliss-reactive ketones (excluding diaryl/α,β-unsaturated/α-hetero) is 1. The van der Waals surface area contributed by atoms with E-state index >= 15 is 0 Å². The molecule has 1 saturated carbocycles. The molecule has 0 saturated heterocycles. The first kappa shape index (κ1) is 28.1. The fourth-order valence-electron chi connectivity index (χ4n) is 6.11. The van der Waals surface area contributed by atoms with Crippen LogP contribution in [-0.4, -0.2) is 46.8 Å². The van der Waals surface area contributed by atoms with E-state index in [0.717, 1.165) is 45.2 Å². The van der Waals surface area contributed by atoms with E-state index in [-0.39, 0.29) is 24.1 Å². The number of hydrogen-bond donors (Lipinski definition) is 2. The van der Waals surface area contributed by atoms with Crippen molar-refractivity contribution in [2.75, 3.05) is 13.2 Å². The minimum atomic E-state index is -1.07. The molecule has 0 unspecified atom stereocenters. The largest absolute Gasteiger partial charge is 0.492 e. The molecule has 0 spiro atoms. The third-order valence-corrected chi connectivity index (χ3v) is 8.32. The number of nitrogens with one attached hydrogen (secondary N) is 1. The van der Waals surface area contributed by atoms with E-state index in [9.17, 15) is 14.7 Å². The van der Waals surface area contributed by atoms with E-state index in [0.29, 0.717) is 49.5 Å². The number of ketones is 1. The molecular weight excluding hydrogens is 534 g/mol. The van der Waals surface area contributed by atoms with Gasteiger partial charge in [0.1, 0.15) is 29.1 Å². The van der Waals surface area contributed by atoms with Crippen molar-refractivity contribution in [2.45, 2.75) is 77.4 Å². The number of carbonyl (C=O) groups is 2. The Balaban J connectivity index is 1.50. The topological polar surface area (TPSA) is 107 Å². The van der Waals surface area contributed by atoms with E-state index in [1.807, 2.05) is 31.3 Å². The van der Waals surface area contributed by atoms with Crippen LogP contribution in [0.3, 0.4) is 0 Å². The monoisotopic (exact) mass is 571 g/mol. The number of carbonyl (C=O) groups excluding carboxylic acids is 2. The van der Waals surface area contributed by atoms with Crippen LogP contribution in [0.5, 0.6) is 17.2 Å². The highest BCUT2D eigenvalue weighted by atomic mass is 16.6. The van der Waals surface area contributed by atoms with Gasteiger partial charge in [-0.3, -0.25) is 4.79 Å². The Morgan fingerprint density at radius 3 is 2.71 bits per heavy atom. The molecule has 2 N–H and O–H groups in total. The molecule has 0 amide bonds. The summed E-state index contributed by atoms with van der Waals surface area (Å²) in [5.74, 6) is 1.06. The number of aliphatic hydroxyl groups is 1. The van der Waals surface area contributed by atoms with Crippen molar-refractivity contribution in [1.29, 1.82) is 0 Å². The third-order valence-electron chi connectivity index (χ3n) is 8.32. The predicted molar refractivity (Wildman–Crippen MR) is 159 cm³/mol. The summed E-state index contributed by atoms with van der Waals surface area (Å²) in [5, 5.41) is 11.8. The molecular formula is C34H37NO7. The summed E-state index contributed by atoms with van der Waals surface area (Å²) in [4.78, 5) is 29.5. The van der Waals surface area contributed by atoms with Gasteiger partial charge in [-0.05, 0) is 80.8 Å². The van der Waals surface area contributed by atoms with Crippen LogP contribution in [0.2, 0.25) is 0 Å². The Hall–Kier alpha value is -4.04. The van der Waals surface area contributed by atoms with Crippen LogP contribution in [-0.2, 0) is 20.7 Å². The van der Waals surface area contributed by atoms with Gasteiger partial charge < -0.3 is 29.0 Å². The second kappa shape index (κ2) is 11.0. The first-order valence-corrected chi connectivity index (χ1v) is 14.8.